The standard InChI is InChI=1S/C20H25FN2O5S/c1-7-23(29(26,27)16-10-8-15(21)9-11-16)14(4)19(24)17-12(2)18(20(25)28-6)22(5)13(17)3/h8-11,14H,7H2,1-6H3. The van der Waals surface area contributed by atoms with Crippen LogP contribution in [0.5, 0.6) is 0 Å². The lowest BCUT2D eigenvalue weighted by Crippen LogP contribution is -2.43. The summed E-state index contributed by atoms with van der Waals surface area (Å²) in [6.07, 6.45) is 0. The summed E-state index contributed by atoms with van der Waals surface area (Å²) in [6.45, 7) is 6.47. The van der Waals surface area contributed by atoms with Crippen molar-refractivity contribution in [1.29, 1.82) is 0 Å². The maximum Gasteiger partial charge on any atom is 0.354 e. The molecule has 29 heavy (non-hydrogen) atoms. The molecule has 2 rings (SSSR count). The van der Waals surface area contributed by atoms with Crippen LogP contribution in [-0.4, -0.2) is 48.7 Å². The smallest absolute Gasteiger partial charge is 0.354 e. The summed E-state index contributed by atoms with van der Waals surface area (Å²) in [5.41, 5.74) is 1.50. The van der Waals surface area contributed by atoms with E-state index in [1.54, 1.807) is 32.4 Å². The number of likely N-dealkylation sites (N-methyl/N-ethyl adjacent to an activating group) is 1. The monoisotopic (exact) mass is 424 g/mol. The molecule has 0 fully saturated rings. The fraction of sp³-hybridized carbons (Fsp3) is 0.400. The van der Waals surface area contributed by atoms with E-state index in [1.807, 2.05) is 0 Å². The topological polar surface area (TPSA) is 85.7 Å². The Balaban J connectivity index is 2.50. The first-order valence-electron chi connectivity index (χ1n) is 9.04. The third-order valence-electron chi connectivity index (χ3n) is 5.10. The number of ketones is 1. The highest BCUT2D eigenvalue weighted by atomic mass is 32.2. The first kappa shape index (κ1) is 22.8. The number of benzene rings is 1. The molecule has 7 nitrogen and oxygen atoms in total. The fourth-order valence-corrected chi connectivity index (χ4v) is 5.06. The van der Waals surface area contributed by atoms with Crippen LogP contribution in [0.1, 0.15) is 46.0 Å². The number of aromatic nitrogens is 1. The highest BCUT2D eigenvalue weighted by Crippen LogP contribution is 2.26. The molecule has 0 aliphatic carbocycles. The van der Waals surface area contributed by atoms with Gasteiger partial charge < -0.3 is 9.30 Å². The normalized spacial score (nSPS) is 12.8. The SMILES string of the molecule is CCN(C(C)C(=O)c1c(C)c(C(=O)OC)n(C)c1C)S(=O)(=O)c1ccc(F)cc1. The van der Waals surface area contributed by atoms with Gasteiger partial charge in [0.25, 0.3) is 0 Å². The molecule has 158 valence electrons. The molecule has 9 heteroatoms. The van der Waals surface area contributed by atoms with Crippen molar-refractivity contribution < 1.29 is 27.1 Å². The zero-order valence-electron chi connectivity index (χ0n) is 17.3. The van der Waals surface area contributed by atoms with E-state index in [4.69, 9.17) is 4.74 Å². The zero-order chi connectivity index (χ0) is 22.1. The lowest BCUT2D eigenvalue weighted by Gasteiger charge is -2.26. The van der Waals surface area contributed by atoms with E-state index in [9.17, 15) is 22.4 Å². The highest BCUT2D eigenvalue weighted by Gasteiger charge is 2.35. The summed E-state index contributed by atoms with van der Waals surface area (Å²) in [4.78, 5) is 25.2. The number of methoxy groups -OCH3 is 1. The van der Waals surface area contributed by atoms with Crippen molar-refractivity contribution in [1.82, 2.24) is 8.87 Å². The molecule has 0 radical (unpaired) electrons. The van der Waals surface area contributed by atoms with Crippen LogP contribution in [0.4, 0.5) is 4.39 Å². The summed E-state index contributed by atoms with van der Waals surface area (Å²) in [7, 11) is -1.13. The van der Waals surface area contributed by atoms with Crippen LogP contribution in [0.15, 0.2) is 29.2 Å². The van der Waals surface area contributed by atoms with Crippen LogP contribution < -0.4 is 0 Å². The quantitative estimate of drug-likeness (QED) is 0.504. The number of esters is 1. The van der Waals surface area contributed by atoms with Crippen LogP contribution in [-0.2, 0) is 21.8 Å². The Morgan fingerprint density at radius 1 is 1.21 bits per heavy atom. The minimum atomic E-state index is -4.02. The minimum absolute atomic E-state index is 0.0431. The van der Waals surface area contributed by atoms with E-state index in [0.29, 0.717) is 11.3 Å². The first-order valence-corrected chi connectivity index (χ1v) is 10.5. The molecule has 0 N–H and O–H groups in total. The number of rotatable bonds is 7. The third kappa shape index (κ3) is 3.97. The second-order valence-corrected chi connectivity index (χ2v) is 8.58. The Hall–Kier alpha value is -2.52. The van der Waals surface area contributed by atoms with E-state index in [0.717, 1.165) is 16.4 Å². The van der Waals surface area contributed by atoms with E-state index in [1.165, 1.54) is 26.2 Å². The number of ether oxygens (including phenoxy) is 1. The van der Waals surface area contributed by atoms with Gasteiger partial charge in [-0.05, 0) is 50.6 Å². The zero-order valence-corrected chi connectivity index (χ0v) is 18.1. The molecule has 1 unspecified atom stereocenters. The van der Waals surface area contributed by atoms with Crippen molar-refractivity contribution in [2.45, 2.75) is 38.6 Å². The largest absolute Gasteiger partial charge is 0.464 e. The van der Waals surface area contributed by atoms with E-state index in [-0.39, 0.29) is 22.7 Å². The van der Waals surface area contributed by atoms with Crippen LogP contribution in [0, 0.1) is 19.7 Å². The van der Waals surface area contributed by atoms with Crippen molar-refractivity contribution in [3.8, 4) is 0 Å². The third-order valence-corrected chi connectivity index (χ3v) is 7.16. The lowest BCUT2D eigenvalue weighted by molar-refractivity contribution is 0.0588. The minimum Gasteiger partial charge on any atom is -0.464 e. The average molecular weight is 424 g/mol. The molecule has 0 saturated carbocycles. The molecular weight excluding hydrogens is 399 g/mol. The number of halogens is 1. The van der Waals surface area contributed by atoms with Crippen molar-refractivity contribution >= 4 is 21.8 Å². The van der Waals surface area contributed by atoms with Gasteiger partial charge in [0.05, 0.1) is 18.0 Å². The van der Waals surface area contributed by atoms with Crippen molar-refractivity contribution in [3.63, 3.8) is 0 Å². The van der Waals surface area contributed by atoms with E-state index < -0.39 is 33.6 Å². The van der Waals surface area contributed by atoms with E-state index in [2.05, 4.69) is 0 Å². The predicted molar refractivity (Wildman–Crippen MR) is 106 cm³/mol. The van der Waals surface area contributed by atoms with Crippen LogP contribution in [0.25, 0.3) is 0 Å². The van der Waals surface area contributed by atoms with Crippen LogP contribution >= 0.6 is 0 Å². The molecule has 0 amide bonds. The molecule has 0 bridgehead atoms. The van der Waals surface area contributed by atoms with Crippen molar-refractivity contribution in [3.05, 3.63) is 52.6 Å². The molecule has 0 aliphatic rings. The van der Waals surface area contributed by atoms with Crippen molar-refractivity contribution in [2.24, 2.45) is 7.05 Å². The molecule has 0 saturated heterocycles. The Kier molecular flexibility index (Phi) is 6.64. The summed E-state index contributed by atoms with van der Waals surface area (Å²) >= 11 is 0. The Morgan fingerprint density at radius 2 is 1.76 bits per heavy atom. The number of Topliss-reactive ketones (excluding diaryl/α,β-unsaturated/α-hetero) is 1. The fourth-order valence-electron chi connectivity index (χ4n) is 3.46. The lowest BCUT2D eigenvalue weighted by atomic mass is 10.0. The number of sulfonamides is 1. The number of hydrogen-bond acceptors (Lipinski definition) is 5. The second kappa shape index (κ2) is 8.46. The molecule has 1 aromatic carbocycles. The average Bonchev–Trinajstić information content (AvgIpc) is 2.90. The summed E-state index contributed by atoms with van der Waals surface area (Å²) in [5, 5.41) is 0. The van der Waals surface area contributed by atoms with Gasteiger partial charge in [-0.25, -0.2) is 17.6 Å². The molecule has 1 atom stereocenters. The first-order chi connectivity index (χ1) is 13.5. The van der Waals surface area contributed by atoms with Gasteiger partial charge in [-0.1, -0.05) is 6.92 Å². The molecule has 1 heterocycles. The molecular formula is C20H25FN2O5S. The Morgan fingerprint density at radius 3 is 2.24 bits per heavy atom. The predicted octanol–water partition coefficient (Wildman–Crippen LogP) is 2.85. The molecule has 0 aliphatic heterocycles. The van der Waals surface area contributed by atoms with Gasteiger partial charge in [-0.2, -0.15) is 4.31 Å². The Labute approximate surface area is 170 Å². The van der Waals surface area contributed by atoms with Gasteiger partial charge >= 0.3 is 5.97 Å². The van der Waals surface area contributed by atoms with Gasteiger partial charge in [0.2, 0.25) is 10.0 Å². The van der Waals surface area contributed by atoms with Gasteiger partial charge in [0.1, 0.15) is 11.5 Å². The summed E-state index contributed by atoms with van der Waals surface area (Å²) < 4.78 is 46.6. The summed E-state index contributed by atoms with van der Waals surface area (Å²) in [5.74, 6) is -1.56. The van der Waals surface area contributed by atoms with Gasteiger partial charge in [0.15, 0.2) is 5.78 Å². The maximum atomic E-state index is 13.3. The van der Waals surface area contributed by atoms with Gasteiger partial charge in [-0.3, -0.25) is 4.79 Å². The van der Waals surface area contributed by atoms with Crippen LogP contribution in [0.2, 0.25) is 0 Å². The molecule has 0 spiro atoms. The number of carbonyl (C=O) groups excluding carboxylic acids is 2. The number of hydrogen-bond donors (Lipinski definition) is 0. The summed E-state index contributed by atoms with van der Waals surface area (Å²) in [6, 6.07) is 3.42. The van der Waals surface area contributed by atoms with Gasteiger partial charge in [-0.15, -0.1) is 0 Å². The Bertz CT molecular complexity index is 1040. The number of carbonyl (C=O) groups is 2. The van der Waals surface area contributed by atoms with Gasteiger partial charge in [0, 0.05) is 24.8 Å². The second-order valence-electron chi connectivity index (χ2n) is 6.69. The van der Waals surface area contributed by atoms with Crippen molar-refractivity contribution in [2.75, 3.05) is 13.7 Å². The molecule has 1 aromatic heterocycles. The number of nitrogens with zero attached hydrogens (tertiary/aromatic N) is 2. The van der Waals surface area contributed by atoms with Crippen LogP contribution in [0.3, 0.4) is 0 Å². The highest BCUT2D eigenvalue weighted by molar-refractivity contribution is 7.89. The molecule has 2 aromatic rings. The van der Waals surface area contributed by atoms with E-state index >= 15 is 0 Å². The maximum absolute atomic E-state index is 13.3.